The summed E-state index contributed by atoms with van der Waals surface area (Å²) < 4.78 is 0. The van der Waals surface area contributed by atoms with Gasteiger partial charge in [0.15, 0.2) is 0 Å². The Morgan fingerprint density at radius 1 is 0.742 bits per heavy atom. The van der Waals surface area contributed by atoms with Gasteiger partial charge in [0.1, 0.15) is 18.4 Å². The van der Waals surface area contributed by atoms with E-state index in [2.05, 4.69) is 61.6 Å². The highest BCUT2D eigenvalue weighted by atomic mass is 16.4. The second-order valence-electron chi connectivity index (χ2n) is 16.5. The molecule has 1 aliphatic heterocycles. The summed E-state index contributed by atoms with van der Waals surface area (Å²) in [5.74, 6) is -3.11. The summed E-state index contributed by atoms with van der Waals surface area (Å²) >= 11 is 0. The smallest absolute Gasteiger partial charge is 0.326 e. The van der Waals surface area contributed by atoms with Gasteiger partial charge in [-0.1, -0.05) is 80.1 Å². The summed E-state index contributed by atoms with van der Waals surface area (Å²) in [5, 5.41) is 32.1. The van der Waals surface area contributed by atoms with Crippen molar-refractivity contribution in [3.8, 4) is 0 Å². The van der Waals surface area contributed by atoms with Gasteiger partial charge in [-0.3, -0.25) is 28.9 Å². The summed E-state index contributed by atoms with van der Waals surface area (Å²) in [6, 6.07) is 16.8. The average Bonchev–Trinajstić information content (AvgIpc) is 3.27. The van der Waals surface area contributed by atoms with E-state index in [4.69, 9.17) is 10.8 Å². The number of benzene rings is 2. The van der Waals surface area contributed by atoms with Gasteiger partial charge in [0, 0.05) is 64.8 Å². The van der Waals surface area contributed by atoms with Crippen LogP contribution in [-0.4, -0.2) is 173 Å². The number of hydrogen-bond donors (Lipinski definition) is 10. The van der Waals surface area contributed by atoms with Crippen LogP contribution in [0.2, 0.25) is 0 Å². The van der Waals surface area contributed by atoms with Crippen LogP contribution in [0.1, 0.15) is 58.1 Å². The maximum Gasteiger partial charge on any atom is 0.326 e. The predicted octanol–water partition coefficient (Wildman–Crippen LogP) is -0.610. The number of aldehydes is 1. The molecule has 19 heteroatoms. The van der Waals surface area contributed by atoms with Crippen LogP contribution < -0.4 is 48.3 Å². The van der Waals surface area contributed by atoms with Gasteiger partial charge in [0.2, 0.25) is 29.5 Å². The number of carboxylic acids is 1. The van der Waals surface area contributed by atoms with Gasteiger partial charge in [-0.15, -0.1) is 0 Å². The molecule has 370 valence electrons. The van der Waals surface area contributed by atoms with E-state index in [1.165, 1.54) is 10.5 Å². The van der Waals surface area contributed by atoms with Crippen LogP contribution in [0, 0.1) is 12.8 Å². The predicted molar refractivity (Wildman–Crippen MR) is 257 cm³/mol. The Balaban J connectivity index is 0.000000731. The fourth-order valence-corrected chi connectivity index (χ4v) is 6.63. The van der Waals surface area contributed by atoms with Crippen molar-refractivity contribution in [2.45, 2.75) is 84.5 Å². The normalized spacial score (nSPS) is 14.7. The van der Waals surface area contributed by atoms with E-state index in [1.54, 1.807) is 7.05 Å². The molecule has 1 fully saturated rings. The fourth-order valence-electron chi connectivity index (χ4n) is 6.63. The first-order valence-corrected chi connectivity index (χ1v) is 23.0. The number of aliphatic carboxylic acids is 1. The zero-order valence-electron chi connectivity index (χ0n) is 40.0. The molecule has 3 unspecified atom stereocenters. The zero-order valence-corrected chi connectivity index (χ0v) is 40.0. The standard InChI is InChI=1S/C28H55N9O5.C12H16N2O3.C7H8/c1-21(2)24(20-38)37(22(3)4)27(41)18-34-28(42)23(7-5-6-8-29)35-25(39)17-33-26(40)19-36-15-13-31-11-9-30-10-12-32-14-16-36;1-13-8-11(15)14-10(12(16)17)7-9-5-3-2-4-6-9;1-7-5-3-2-4-6-7/h20-24,30-32H,5-19,29H2,1-4H3,(H,33,40)(H,34,42)(H,35,39);2-6,10,13H,7-8H2,1H3,(H,14,15)(H,16,17);2-6H,1H3. The van der Waals surface area contributed by atoms with Crippen molar-refractivity contribution in [1.29, 1.82) is 0 Å². The minimum Gasteiger partial charge on any atom is -0.480 e. The summed E-state index contributed by atoms with van der Waals surface area (Å²) in [6.45, 7) is 15.9. The molecule has 2 aromatic rings. The number of amides is 5. The third kappa shape index (κ3) is 27.2. The maximum atomic E-state index is 13.0. The quantitative estimate of drug-likeness (QED) is 0.0522. The van der Waals surface area contributed by atoms with Crippen molar-refractivity contribution in [2.75, 3.05) is 92.1 Å². The van der Waals surface area contributed by atoms with Gasteiger partial charge in [-0.25, -0.2) is 4.79 Å². The van der Waals surface area contributed by atoms with Gasteiger partial charge >= 0.3 is 5.97 Å². The minimum atomic E-state index is -1.03. The maximum absolute atomic E-state index is 13.0. The number of carbonyl (C=O) groups excluding carboxylic acids is 6. The fraction of sp³-hybridized carbons (Fsp3) is 0.596. The van der Waals surface area contributed by atoms with Crippen LogP contribution in [0.5, 0.6) is 0 Å². The lowest BCUT2D eigenvalue weighted by Crippen LogP contribution is -2.54. The second kappa shape index (κ2) is 35.9. The van der Waals surface area contributed by atoms with E-state index in [1.807, 2.05) is 81.1 Å². The molecule has 0 aliphatic carbocycles. The zero-order chi connectivity index (χ0) is 49.1. The molecule has 3 rings (SSSR count). The Morgan fingerprint density at radius 3 is 1.77 bits per heavy atom. The third-order valence-corrected chi connectivity index (χ3v) is 10.2. The van der Waals surface area contributed by atoms with E-state index < -0.39 is 35.9 Å². The highest BCUT2D eigenvalue weighted by Gasteiger charge is 2.29. The lowest BCUT2D eigenvalue weighted by Gasteiger charge is -2.34. The first-order valence-electron chi connectivity index (χ1n) is 23.0. The number of rotatable bonds is 22. The van der Waals surface area contributed by atoms with Crippen LogP contribution in [0.15, 0.2) is 60.7 Å². The first-order chi connectivity index (χ1) is 31.6. The first kappa shape index (κ1) is 58.7. The van der Waals surface area contributed by atoms with Crippen molar-refractivity contribution in [3.63, 3.8) is 0 Å². The number of aryl methyl sites for hydroxylation is 1. The molecule has 1 heterocycles. The van der Waals surface area contributed by atoms with Crippen LogP contribution in [-0.2, 0) is 40.0 Å². The van der Waals surface area contributed by atoms with Gasteiger partial charge in [-0.2, -0.15) is 0 Å². The van der Waals surface area contributed by atoms with E-state index >= 15 is 0 Å². The minimum absolute atomic E-state index is 0.0824. The average molecular weight is 926 g/mol. The molecule has 3 atom stereocenters. The summed E-state index contributed by atoms with van der Waals surface area (Å²) in [6.07, 6.45) is 2.63. The van der Waals surface area contributed by atoms with E-state index in [-0.39, 0.29) is 62.3 Å². The third-order valence-electron chi connectivity index (χ3n) is 10.2. The monoisotopic (exact) mass is 926 g/mol. The molecule has 19 nitrogen and oxygen atoms in total. The Bertz CT molecular complexity index is 1680. The Morgan fingerprint density at radius 2 is 1.29 bits per heavy atom. The van der Waals surface area contributed by atoms with Crippen LogP contribution in [0.3, 0.4) is 0 Å². The molecular weight excluding hydrogens is 847 g/mol. The highest BCUT2D eigenvalue weighted by molar-refractivity contribution is 5.92. The Kier molecular flexibility index (Phi) is 31.9. The molecule has 11 N–H and O–H groups in total. The second-order valence-corrected chi connectivity index (χ2v) is 16.5. The summed E-state index contributed by atoms with van der Waals surface area (Å²) in [5.41, 5.74) is 7.80. The van der Waals surface area contributed by atoms with Crippen molar-refractivity contribution in [3.05, 3.63) is 71.8 Å². The van der Waals surface area contributed by atoms with Crippen molar-refractivity contribution >= 4 is 41.8 Å². The van der Waals surface area contributed by atoms with E-state index in [0.717, 1.165) is 51.1 Å². The van der Waals surface area contributed by atoms with Gasteiger partial charge in [0.05, 0.1) is 32.2 Å². The summed E-state index contributed by atoms with van der Waals surface area (Å²) in [4.78, 5) is 88.7. The number of carbonyl (C=O) groups is 7. The largest absolute Gasteiger partial charge is 0.480 e. The number of hydrogen-bond acceptors (Lipinski definition) is 13. The molecule has 66 heavy (non-hydrogen) atoms. The van der Waals surface area contributed by atoms with Gasteiger partial charge in [-0.05, 0) is 65.1 Å². The molecule has 1 saturated heterocycles. The number of unbranched alkanes of at least 4 members (excludes halogenated alkanes) is 1. The number of nitrogens with two attached hydrogens (primary N) is 1. The topological polar surface area (TPSA) is 268 Å². The molecular formula is C47H79N11O8. The van der Waals surface area contributed by atoms with E-state index in [9.17, 15) is 33.6 Å². The molecule has 0 saturated carbocycles. The van der Waals surface area contributed by atoms with Crippen molar-refractivity contribution in [1.82, 2.24) is 52.3 Å². The molecule has 1 aliphatic rings. The molecule has 0 radical (unpaired) electrons. The molecule has 0 aromatic heterocycles. The molecule has 5 amide bonds. The lowest BCUT2D eigenvalue weighted by molar-refractivity contribution is -0.141. The molecule has 2 aromatic carbocycles. The van der Waals surface area contributed by atoms with Crippen molar-refractivity contribution in [2.24, 2.45) is 11.7 Å². The van der Waals surface area contributed by atoms with Crippen LogP contribution >= 0.6 is 0 Å². The SMILES string of the molecule is CC(C)C(C=O)N(C(=O)CNC(=O)C(CCCCN)NC(=O)CNC(=O)CN1CCNCCNCCNCC1)C(C)C.CNCC(=O)NC(Cc1ccccc1)C(=O)O.Cc1ccccc1. The number of carboxylic acid groups (broad SMARTS) is 1. The van der Waals surface area contributed by atoms with E-state index in [0.29, 0.717) is 38.9 Å². The van der Waals surface area contributed by atoms with Crippen molar-refractivity contribution < 1.29 is 38.7 Å². The highest BCUT2D eigenvalue weighted by Crippen LogP contribution is 2.13. The van der Waals surface area contributed by atoms with Crippen LogP contribution in [0.4, 0.5) is 0 Å². The lowest BCUT2D eigenvalue weighted by atomic mass is 10.0. The Labute approximate surface area is 391 Å². The van der Waals surface area contributed by atoms with Crippen LogP contribution in [0.25, 0.3) is 0 Å². The number of nitrogens with zero attached hydrogens (tertiary/aromatic N) is 2. The number of nitrogens with one attached hydrogen (secondary N) is 8. The number of likely N-dealkylation sites (N-methyl/N-ethyl adjacent to an activating group) is 1. The molecule has 0 spiro atoms. The van der Waals surface area contributed by atoms with Gasteiger partial charge < -0.3 is 63.1 Å². The Hall–Kier alpha value is -5.31. The van der Waals surface area contributed by atoms with Gasteiger partial charge in [0.25, 0.3) is 0 Å². The summed E-state index contributed by atoms with van der Waals surface area (Å²) in [7, 11) is 1.63. The molecule has 0 bridgehead atoms.